The van der Waals surface area contributed by atoms with Gasteiger partial charge < -0.3 is 9.84 Å². The minimum absolute atomic E-state index is 0.165. The van der Waals surface area contributed by atoms with Gasteiger partial charge in [-0.15, -0.1) is 0 Å². The summed E-state index contributed by atoms with van der Waals surface area (Å²) in [6.07, 6.45) is 2.57. The maximum Gasteiger partial charge on any atom is 0.241 e. The first kappa shape index (κ1) is 15.3. The van der Waals surface area contributed by atoms with Crippen LogP contribution in [0, 0.1) is 0 Å². The third-order valence-electron chi connectivity index (χ3n) is 3.36. The van der Waals surface area contributed by atoms with E-state index in [1.54, 1.807) is 6.07 Å². The van der Waals surface area contributed by atoms with Crippen molar-refractivity contribution < 1.29 is 18.3 Å². The van der Waals surface area contributed by atoms with Crippen molar-refractivity contribution in [3.05, 3.63) is 23.8 Å². The highest BCUT2D eigenvalue weighted by molar-refractivity contribution is 7.89. The number of aliphatic hydroxyl groups is 1. The average Bonchev–Trinajstić information content (AvgIpc) is 3.12. The molecule has 0 unspecified atom stereocenters. The topological polar surface area (TPSA) is 75.6 Å². The lowest BCUT2D eigenvalue weighted by Crippen LogP contribution is -2.34. The van der Waals surface area contributed by atoms with E-state index in [1.807, 2.05) is 13.8 Å². The summed E-state index contributed by atoms with van der Waals surface area (Å²) < 4.78 is 32.7. The zero-order valence-electron chi connectivity index (χ0n) is 11.8. The molecule has 5 nitrogen and oxygen atoms in total. The zero-order valence-corrected chi connectivity index (χ0v) is 12.7. The molecular weight excluding hydrogens is 278 g/mol. The van der Waals surface area contributed by atoms with Crippen molar-refractivity contribution in [1.82, 2.24) is 4.72 Å². The van der Waals surface area contributed by atoms with Gasteiger partial charge in [-0.1, -0.05) is 6.92 Å². The summed E-state index contributed by atoms with van der Waals surface area (Å²) in [5.74, 6) is 0.533. The third kappa shape index (κ3) is 3.50. The molecule has 0 spiro atoms. The van der Waals surface area contributed by atoms with Crippen LogP contribution in [-0.2, 0) is 16.6 Å². The van der Waals surface area contributed by atoms with Gasteiger partial charge in [0.05, 0.1) is 18.1 Å². The molecule has 0 atom stereocenters. The fourth-order valence-electron chi connectivity index (χ4n) is 1.87. The van der Waals surface area contributed by atoms with E-state index in [4.69, 9.17) is 4.74 Å². The molecule has 0 radical (unpaired) electrons. The second kappa shape index (κ2) is 5.71. The summed E-state index contributed by atoms with van der Waals surface area (Å²) in [6.45, 7) is 4.16. The van der Waals surface area contributed by atoms with E-state index in [0.29, 0.717) is 17.9 Å². The highest BCUT2D eigenvalue weighted by Crippen LogP contribution is 2.36. The van der Waals surface area contributed by atoms with E-state index >= 15 is 0 Å². The van der Waals surface area contributed by atoms with Crippen molar-refractivity contribution in [3.63, 3.8) is 0 Å². The molecular formula is C14H21NO4S. The number of rotatable bonds is 7. The SMILES string of the molecule is CCCOc1ccc(S(=O)(=O)NC2(C)CC2)cc1CO. The van der Waals surface area contributed by atoms with Crippen molar-refractivity contribution in [3.8, 4) is 5.75 Å². The van der Waals surface area contributed by atoms with Crippen molar-refractivity contribution in [2.75, 3.05) is 6.61 Å². The van der Waals surface area contributed by atoms with Crippen molar-refractivity contribution in [2.24, 2.45) is 0 Å². The van der Waals surface area contributed by atoms with Crippen LogP contribution >= 0.6 is 0 Å². The molecule has 112 valence electrons. The van der Waals surface area contributed by atoms with Gasteiger partial charge in [-0.2, -0.15) is 0 Å². The van der Waals surface area contributed by atoms with Gasteiger partial charge in [0.15, 0.2) is 0 Å². The maximum atomic E-state index is 12.2. The number of benzene rings is 1. The Morgan fingerprint density at radius 3 is 2.65 bits per heavy atom. The highest BCUT2D eigenvalue weighted by atomic mass is 32.2. The first-order valence-electron chi connectivity index (χ1n) is 6.81. The summed E-state index contributed by atoms with van der Waals surface area (Å²) in [5.41, 5.74) is 0.178. The third-order valence-corrected chi connectivity index (χ3v) is 4.99. The smallest absolute Gasteiger partial charge is 0.241 e. The number of sulfonamides is 1. The summed E-state index contributed by atoms with van der Waals surface area (Å²) >= 11 is 0. The van der Waals surface area contributed by atoms with Crippen molar-refractivity contribution in [1.29, 1.82) is 0 Å². The van der Waals surface area contributed by atoms with Gasteiger partial charge >= 0.3 is 0 Å². The molecule has 2 N–H and O–H groups in total. The Hall–Kier alpha value is -1.11. The normalized spacial score (nSPS) is 16.9. The van der Waals surface area contributed by atoms with Gasteiger partial charge in [0.2, 0.25) is 10.0 Å². The first-order valence-corrected chi connectivity index (χ1v) is 8.29. The van der Waals surface area contributed by atoms with Crippen LogP contribution in [0.3, 0.4) is 0 Å². The quantitative estimate of drug-likeness (QED) is 0.805. The zero-order chi connectivity index (χ0) is 14.8. The van der Waals surface area contributed by atoms with Gasteiger partial charge in [0.1, 0.15) is 5.75 Å². The lowest BCUT2D eigenvalue weighted by Gasteiger charge is -2.14. The molecule has 2 rings (SSSR count). The van der Waals surface area contributed by atoms with Crippen LogP contribution in [0.25, 0.3) is 0 Å². The Balaban J connectivity index is 2.24. The second-order valence-corrected chi connectivity index (χ2v) is 7.12. The molecule has 1 aromatic rings. The second-order valence-electron chi connectivity index (χ2n) is 5.44. The molecule has 1 fully saturated rings. The van der Waals surface area contributed by atoms with Gasteiger partial charge in [0, 0.05) is 11.1 Å². The average molecular weight is 299 g/mol. The van der Waals surface area contributed by atoms with E-state index in [0.717, 1.165) is 19.3 Å². The lowest BCUT2D eigenvalue weighted by atomic mass is 10.2. The molecule has 0 amide bonds. The molecule has 0 saturated heterocycles. The molecule has 6 heteroatoms. The molecule has 0 heterocycles. The van der Waals surface area contributed by atoms with Gasteiger partial charge in [0.25, 0.3) is 0 Å². The van der Waals surface area contributed by atoms with E-state index < -0.39 is 10.0 Å². The summed E-state index contributed by atoms with van der Waals surface area (Å²) in [5, 5.41) is 9.36. The molecule has 0 bridgehead atoms. The summed E-state index contributed by atoms with van der Waals surface area (Å²) in [4.78, 5) is 0.165. The molecule has 1 aliphatic carbocycles. The first-order chi connectivity index (χ1) is 9.40. The van der Waals surface area contributed by atoms with E-state index in [9.17, 15) is 13.5 Å². The Morgan fingerprint density at radius 1 is 1.40 bits per heavy atom. The fourth-order valence-corrected chi connectivity index (χ4v) is 3.39. The Bertz CT molecular complexity index is 579. The van der Waals surface area contributed by atoms with Crippen molar-refractivity contribution in [2.45, 2.75) is 50.2 Å². The number of hydrogen-bond donors (Lipinski definition) is 2. The Labute approximate surface area is 120 Å². The van der Waals surface area contributed by atoms with E-state index in [-0.39, 0.29) is 17.0 Å². The van der Waals surface area contributed by atoms with Gasteiger partial charge in [-0.3, -0.25) is 0 Å². The minimum Gasteiger partial charge on any atom is -0.493 e. The summed E-state index contributed by atoms with van der Waals surface area (Å²) in [7, 11) is -3.54. The number of ether oxygens (including phenoxy) is 1. The number of aliphatic hydroxyl groups excluding tert-OH is 1. The van der Waals surface area contributed by atoms with Crippen LogP contribution in [0.15, 0.2) is 23.1 Å². The molecule has 0 aromatic heterocycles. The fraction of sp³-hybridized carbons (Fsp3) is 0.571. The number of nitrogens with one attached hydrogen (secondary N) is 1. The monoisotopic (exact) mass is 299 g/mol. The van der Waals surface area contributed by atoms with Crippen LogP contribution < -0.4 is 9.46 Å². The van der Waals surface area contributed by atoms with E-state index in [2.05, 4.69) is 4.72 Å². The van der Waals surface area contributed by atoms with Gasteiger partial charge in [-0.05, 0) is 44.4 Å². The van der Waals surface area contributed by atoms with Crippen LogP contribution in [-0.4, -0.2) is 25.7 Å². The highest BCUT2D eigenvalue weighted by Gasteiger charge is 2.41. The van der Waals surface area contributed by atoms with Crippen LogP contribution in [0.1, 0.15) is 38.7 Å². The van der Waals surface area contributed by atoms with Crippen molar-refractivity contribution >= 4 is 10.0 Å². The predicted octanol–water partition coefficient (Wildman–Crippen LogP) is 1.80. The van der Waals surface area contributed by atoms with E-state index in [1.165, 1.54) is 12.1 Å². The molecule has 20 heavy (non-hydrogen) atoms. The standard InChI is InChI=1S/C14H21NO4S/c1-3-8-19-13-5-4-12(9-11(13)10-16)20(17,18)15-14(2)6-7-14/h4-5,9,15-16H,3,6-8,10H2,1-2H3. The van der Waals surface area contributed by atoms with Crippen LogP contribution in [0.5, 0.6) is 5.75 Å². The maximum absolute atomic E-state index is 12.2. The number of hydrogen-bond acceptors (Lipinski definition) is 4. The largest absolute Gasteiger partial charge is 0.493 e. The molecule has 0 aliphatic heterocycles. The lowest BCUT2D eigenvalue weighted by molar-refractivity contribution is 0.262. The Kier molecular flexibility index (Phi) is 4.36. The van der Waals surface area contributed by atoms with Gasteiger partial charge in [-0.25, -0.2) is 13.1 Å². The summed E-state index contributed by atoms with van der Waals surface area (Å²) in [6, 6.07) is 4.59. The molecule has 1 saturated carbocycles. The minimum atomic E-state index is -3.54. The molecule has 1 aromatic carbocycles. The Morgan fingerprint density at radius 2 is 2.10 bits per heavy atom. The van der Waals surface area contributed by atoms with Crippen LogP contribution in [0.4, 0.5) is 0 Å². The molecule has 1 aliphatic rings. The predicted molar refractivity (Wildman–Crippen MR) is 76.1 cm³/mol. The van der Waals surface area contributed by atoms with Crippen LogP contribution in [0.2, 0.25) is 0 Å².